The summed E-state index contributed by atoms with van der Waals surface area (Å²) in [6, 6.07) is 6.32. The Morgan fingerprint density at radius 3 is 2.61 bits per heavy atom. The molecule has 0 spiro atoms. The van der Waals surface area contributed by atoms with Crippen LogP contribution in [0.15, 0.2) is 33.3 Å². The van der Waals surface area contributed by atoms with E-state index in [-0.39, 0.29) is 23.8 Å². The summed E-state index contributed by atoms with van der Waals surface area (Å²) in [5.74, 6) is 0.634. The first kappa shape index (κ1) is 26.6. The van der Waals surface area contributed by atoms with E-state index >= 15 is 0 Å². The molecule has 1 aromatic carbocycles. The van der Waals surface area contributed by atoms with Crippen LogP contribution in [-0.2, 0) is 22.4 Å². The first-order chi connectivity index (χ1) is 17.4. The Kier molecular flexibility index (Phi) is 8.43. The molecule has 1 aromatic heterocycles. The molecule has 0 bridgehead atoms. The summed E-state index contributed by atoms with van der Waals surface area (Å²) in [5, 5.41) is 11.2. The monoisotopic (exact) mass is 638 g/mol. The van der Waals surface area contributed by atoms with Crippen molar-refractivity contribution < 1.29 is 14.6 Å². The molecule has 1 N–H and O–H groups in total. The molecular formula is C28H33Br2ClN2O3. The van der Waals surface area contributed by atoms with Crippen LogP contribution in [0.25, 0.3) is 0 Å². The van der Waals surface area contributed by atoms with E-state index < -0.39 is 6.10 Å². The first-order valence-corrected chi connectivity index (χ1v) is 15.0. The molecule has 36 heavy (non-hydrogen) atoms. The average Bonchev–Trinajstić information content (AvgIpc) is 3.02. The van der Waals surface area contributed by atoms with Crippen LogP contribution in [-0.4, -0.2) is 52.8 Å². The zero-order valence-electron chi connectivity index (χ0n) is 20.6. The molecule has 2 aliphatic carbocycles. The van der Waals surface area contributed by atoms with Crippen LogP contribution in [0.4, 0.5) is 0 Å². The lowest BCUT2D eigenvalue weighted by atomic mass is 9.76. The highest BCUT2D eigenvalue weighted by Gasteiger charge is 2.39. The smallest absolute Gasteiger partial charge is 0.225 e. The quantitative estimate of drug-likeness (QED) is 0.427. The van der Waals surface area contributed by atoms with Gasteiger partial charge in [0, 0.05) is 51.7 Å². The minimum atomic E-state index is -0.557. The number of rotatable bonds is 4. The van der Waals surface area contributed by atoms with Gasteiger partial charge in [-0.15, -0.1) is 0 Å². The van der Waals surface area contributed by atoms with Crippen molar-refractivity contribution in [3.05, 3.63) is 60.7 Å². The number of likely N-dealkylation sites (tertiary alicyclic amines) is 1. The summed E-state index contributed by atoms with van der Waals surface area (Å²) in [7, 11) is 0. The van der Waals surface area contributed by atoms with E-state index in [1.807, 2.05) is 24.1 Å². The molecule has 8 heteroatoms. The highest BCUT2D eigenvalue weighted by molar-refractivity contribution is 9.10. The van der Waals surface area contributed by atoms with Gasteiger partial charge in [-0.25, -0.2) is 0 Å². The molecule has 2 aromatic rings. The second kappa shape index (κ2) is 11.4. The number of aliphatic hydroxyl groups excluding tert-OH is 1. The van der Waals surface area contributed by atoms with E-state index in [0.29, 0.717) is 18.9 Å². The summed E-state index contributed by atoms with van der Waals surface area (Å²) in [6.45, 7) is 4.03. The number of piperidine rings is 1. The van der Waals surface area contributed by atoms with E-state index in [0.717, 1.165) is 71.3 Å². The predicted molar refractivity (Wildman–Crippen MR) is 148 cm³/mol. The van der Waals surface area contributed by atoms with Crippen molar-refractivity contribution >= 4 is 49.4 Å². The summed E-state index contributed by atoms with van der Waals surface area (Å²) in [5.41, 5.74) is 5.02. The Morgan fingerprint density at radius 1 is 1.14 bits per heavy atom. The molecule has 1 saturated carbocycles. The number of pyridine rings is 1. The molecule has 0 radical (unpaired) electrons. The average molecular weight is 641 g/mol. The number of ether oxygens (including phenoxy) is 1. The number of amides is 1. The van der Waals surface area contributed by atoms with E-state index in [2.05, 4.69) is 44.0 Å². The van der Waals surface area contributed by atoms with Gasteiger partial charge in [-0.2, -0.15) is 0 Å². The van der Waals surface area contributed by atoms with Crippen molar-refractivity contribution in [2.24, 2.45) is 11.8 Å². The van der Waals surface area contributed by atoms with Crippen molar-refractivity contribution in [3.63, 3.8) is 0 Å². The number of hydrogen-bond acceptors (Lipinski definition) is 4. The third kappa shape index (κ3) is 5.42. The van der Waals surface area contributed by atoms with Crippen LogP contribution in [0.3, 0.4) is 0 Å². The predicted octanol–water partition coefficient (Wildman–Crippen LogP) is 6.30. The molecule has 1 amide bonds. The number of aliphatic hydroxyl groups is 1. The van der Waals surface area contributed by atoms with Crippen molar-refractivity contribution in [2.75, 3.05) is 19.7 Å². The van der Waals surface area contributed by atoms with Gasteiger partial charge in [0.2, 0.25) is 5.91 Å². The number of aromatic nitrogens is 1. The van der Waals surface area contributed by atoms with Crippen molar-refractivity contribution in [1.82, 2.24) is 9.88 Å². The maximum Gasteiger partial charge on any atom is 0.225 e. The Hall–Kier alpha value is -0.990. The minimum absolute atomic E-state index is 0.108. The molecule has 1 aliphatic heterocycles. The second-order valence-corrected chi connectivity index (χ2v) is 12.6. The second-order valence-electron chi connectivity index (χ2n) is 10.4. The lowest BCUT2D eigenvalue weighted by Gasteiger charge is -2.40. The highest BCUT2D eigenvalue weighted by Crippen LogP contribution is 2.46. The molecule has 5 rings (SSSR count). The lowest BCUT2D eigenvalue weighted by Crippen LogP contribution is -2.46. The Bertz CT molecular complexity index is 1120. The zero-order chi connectivity index (χ0) is 25.4. The Morgan fingerprint density at radius 2 is 1.89 bits per heavy atom. The summed E-state index contributed by atoms with van der Waals surface area (Å²) in [4.78, 5) is 20.3. The normalized spacial score (nSPS) is 26.8. The molecule has 3 unspecified atom stereocenters. The molecule has 5 nitrogen and oxygen atoms in total. The maximum absolute atomic E-state index is 13.4. The van der Waals surface area contributed by atoms with Crippen LogP contribution in [0.2, 0.25) is 5.02 Å². The molecule has 3 aliphatic rings. The van der Waals surface area contributed by atoms with Crippen LogP contribution in [0.1, 0.15) is 67.3 Å². The summed E-state index contributed by atoms with van der Waals surface area (Å²) >= 11 is 13.9. The van der Waals surface area contributed by atoms with Gasteiger partial charge in [0.05, 0.1) is 17.9 Å². The fourth-order valence-electron chi connectivity index (χ4n) is 6.49. The zero-order valence-corrected chi connectivity index (χ0v) is 24.5. The Balaban J connectivity index is 1.35. The van der Waals surface area contributed by atoms with Gasteiger partial charge in [0.1, 0.15) is 0 Å². The first-order valence-electron chi connectivity index (χ1n) is 13.1. The fraction of sp³-hybridized carbons (Fsp3) is 0.571. The minimum Gasteiger partial charge on any atom is -0.390 e. The highest BCUT2D eigenvalue weighted by atomic mass is 79.9. The fourth-order valence-corrected chi connectivity index (χ4v) is 7.99. The van der Waals surface area contributed by atoms with E-state index in [1.54, 1.807) is 0 Å². The topological polar surface area (TPSA) is 62.7 Å². The SMILES string of the molecule is CCOC1CCC(C(=O)N2CCC([C@H]3c4ncc(Br)cc4CCc4cc(Cl)cc(Br)c43)CC2)CC1O. The molecule has 4 atom stereocenters. The Labute approximate surface area is 235 Å². The third-order valence-corrected chi connectivity index (χ3v) is 9.53. The number of aryl methyl sites for hydroxylation is 2. The largest absolute Gasteiger partial charge is 0.390 e. The lowest BCUT2D eigenvalue weighted by molar-refractivity contribution is -0.143. The van der Waals surface area contributed by atoms with Gasteiger partial charge >= 0.3 is 0 Å². The number of nitrogens with zero attached hydrogens (tertiary/aromatic N) is 2. The van der Waals surface area contributed by atoms with Crippen molar-refractivity contribution in [2.45, 2.75) is 70.0 Å². The number of fused-ring (bicyclic) bond motifs is 2. The number of benzene rings is 1. The van der Waals surface area contributed by atoms with Crippen LogP contribution < -0.4 is 0 Å². The number of hydrogen-bond donors (Lipinski definition) is 1. The van der Waals surface area contributed by atoms with Crippen LogP contribution >= 0.6 is 43.5 Å². The maximum atomic E-state index is 13.4. The van der Waals surface area contributed by atoms with E-state index in [1.165, 1.54) is 16.7 Å². The van der Waals surface area contributed by atoms with E-state index in [4.69, 9.17) is 21.3 Å². The van der Waals surface area contributed by atoms with Crippen LogP contribution in [0, 0.1) is 11.8 Å². The summed E-state index contributed by atoms with van der Waals surface area (Å²) in [6.07, 6.45) is 6.97. The summed E-state index contributed by atoms with van der Waals surface area (Å²) < 4.78 is 7.70. The number of halogens is 3. The van der Waals surface area contributed by atoms with Gasteiger partial charge in [-0.05, 0) is 109 Å². The molecular weight excluding hydrogens is 608 g/mol. The van der Waals surface area contributed by atoms with E-state index in [9.17, 15) is 9.90 Å². The molecule has 2 heterocycles. The third-order valence-electron chi connectivity index (χ3n) is 8.22. The van der Waals surface area contributed by atoms with Gasteiger partial charge in [-0.1, -0.05) is 27.5 Å². The van der Waals surface area contributed by atoms with Gasteiger partial charge in [-0.3, -0.25) is 9.78 Å². The number of carbonyl (C=O) groups excluding carboxylic acids is 1. The van der Waals surface area contributed by atoms with Gasteiger partial charge < -0.3 is 14.7 Å². The van der Waals surface area contributed by atoms with Crippen molar-refractivity contribution in [1.29, 1.82) is 0 Å². The standard InChI is InChI=1S/C28H33Br2ClN2O3/c1-2-36-24-6-5-19(13-23(24)34)28(35)33-9-7-16(8-10-33)26-25-17(12-21(31)14-22(25)30)3-4-18-11-20(29)15-32-27(18)26/h11-12,14-16,19,23-24,26,34H,2-10,13H2,1H3/t19?,23?,24?,26-/m1/s1. The van der Waals surface area contributed by atoms with Gasteiger partial charge in [0.25, 0.3) is 0 Å². The van der Waals surface area contributed by atoms with Crippen LogP contribution in [0.5, 0.6) is 0 Å². The molecule has 2 fully saturated rings. The van der Waals surface area contributed by atoms with Gasteiger partial charge in [0.15, 0.2) is 0 Å². The number of carbonyl (C=O) groups is 1. The molecule has 194 valence electrons. The van der Waals surface area contributed by atoms with Crippen molar-refractivity contribution in [3.8, 4) is 0 Å². The molecule has 1 saturated heterocycles.